The summed E-state index contributed by atoms with van der Waals surface area (Å²) in [6.07, 6.45) is 4.86. The molecule has 0 saturated heterocycles. The van der Waals surface area contributed by atoms with Gasteiger partial charge < -0.3 is 15.4 Å². The lowest BCUT2D eigenvalue weighted by Crippen LogP contribution is -2.32. The Hall–Kier alpha value is -2.64. The third-order valence-corrected chi connectivity index (χ3v) is 4.15. The number of nitro benzene ring substituents is 1. The van der Waals surface area contributed by atoms with Crippen molar-refractivity contribution >= 4 is 23.3 Å². The van der Waals surface area contributed by atoms with Crippen molar-refractivity contribution in [2.24, 2.45) is 5.92 Å². The van der Waals surface area contributed by atoms with Gasteiger partial charge in [0.1, 0.15) is 0 Å². The summed E-state index contributed by atoms with van der Waals surface area (Å²) in [5, 5.41) is 16.2. The van der Waals surface area contributed by atoms with Crippen LogP contribution in [0, 0.1) is 16.0 Å². The number of nitrogens with one attached hydrogen (secondary N) is 2. The summed E-state index contributed by atoms with van der Waals surface area (Å²) in [6, 6.07) is 6.02. The fraction of sp³-hybridized carbons (Fsp3) is 0.529. The molecule has 0 bridgehead atoms. The molecule has 0 heterocycles. The first-order chi connectivity index (χ1) is 12.0. The summed E-state index contributed by atoms with van der Waals surface area (Å²) in [5.41, 5.74) is 0.751. The highest BCUT2D eigenvalue weighted by Gasteiger charge is 2.19. The number of nitrogens with zero attached hydrogens (tertiary/aromatic N) is 1. The number of ether oxygens (including phenoxy) is 1. The molecule has 1 aromatic rings. The zero-order valence-electron chi connectivity index (χ0n) is 14.0. The molecule has 136 valence electrons. The van der Waals surface area contributed by atoms with Gasteiger partial charge in [-0.2, -0.15) is 0 Å². The third kappa shape index (κ3) is 6.78. The molecule has 0 atom stereocenters. The minimum absolute atomic E-state index is 0.0262. The maximum absolute atomic E-state index is 11.6. The van der Waals surface area contributed by atoms with Gasteiger partial charge in [-0.3, -0.25) is 19.7 Å². The van der Waals surface area contributed by atoms with Crippen LogP contribution in [0.15, 0.2) is 24.3 Å². The van der Waals surface area contributed by atoms with Crippen molar-refractivity contribution in [1.82, 2.24) is 5.32 Å². The molecule has 8 nitrogen and oxygen atoms in total. The van der Waals surface area contributed by atoms with E-state index < -0.39 is 4.92 Å². The number of non-ortho nitro benzene ring substituents is 1. The SMILES string of the molecule is O=C(COC(=O)CC1CCCC1)NCCNc1ccc([N+](=O)[O-])cc1. The second kappa shape index (κ2) is 9.61. The molecule has 2 rings (SSSR count). The van der Waals surface area contributed by atoms with E-state index in [0.717, 1.165) is 18.5 Å². The van der Waals surface area contributed by atoms with E-state index in [4.69, 9.17) is 4.74 Å². The molecule has 0 spiro atoms. The van der Waals surface area contributed by atoms with Crippen LogP contribution in [0.1, 0.15) is 32.1 Å². The number of amides is 1. The molecular formula is C17H23N3O5. The van der Waals surface area contributed by atoms with Gasteiger partial charge in [0.25, 0.3) is 11.6 Å². The van der Waals surface area contributed by atoms with Gasteiger partial charge >= 0.3 is 5.97 Å². The van der Waals surface area contributed by atoms with Gasteiger partial charge in [0.15, 0.2) is 6.61 Å². The Morgan fingerprint density at radius 1 is 1.16 bits per heavy atom. The van der Waals surface area contributed by atoms with Crippen molar-refractivity contribution in [3.63, 3.8) is 0 Å². The first kappa shape index (κ1) is 18.7. The van der Waals surface area contributed by atoms with Crippen molar-refractivity contribution in [3.8, 4) is 0 Å². The Balaban J connectivity index is 1.55. The maximum Gasteiger partial charge on any atom is 0.306 e. The van der Waals surface area contributed by atoms with Gasteiger partial charge in [-0.05, 0) is 30.9 Å². The van der Waals surface area contributed by atoms with E-state index in [-0.39, 0.29) is 24.2 Å². The van der Waals surface area contributed by atoms with Gasteiger partial charge in [-0.1, -0.05) is 12.8 Å². The molecule has 1 aromatic carbocycles. The molecule has 1 saturated carbocycles. The largest absolute Gasteiger partial charge is 0.456 e. The van der Waals surface area contributed by atoms with Crippen LogP contribution in [0.3, 0.4) is 0 Å². The van der Waals surface area contributed by atoms with Crippen LogP contribution in [-0.2, 0) is 14.3 Å². The average Bonchev–Trinajstić information content (AvgIpc) is 3.10. The molecule has 0 aliphatic heterocycles. The number of hydrogen-bond acceptors (Lipinski definition) is 6. The average molecular weight is 349 g/mol. The van der Waals surface area contributed by atoms with E-state index in [2.05, 4.69) is 10.6 Å². The molecule has 2 N–H and O–H groups in total. The number of nitro groups is 1. The second-order valence-electron chi connectivity index (χ2n) is 6.10. The Kier molecular flexibility index (Phi) is 7.18. The number of benzene rings is 1. The Morgan fingerprint density at radius 2 is 1.84 bits per heavy atom. The fourth-order valence-electron chi connectivity index (χ4n) is 2.82. The number of carbonyl (C=O) groups is 2. The summed E-state index contributed by atoms with van der Waals surface area (Å²) in [7, 11) is 0. The van der Waals surface area contributed by atoms with E-state index in [9.17, 15) is 19.7 Å². The van der Waals surface area contributed by atoms with Gasteiger partial charge in [-0.15, -0.1) is 0 Å². The summed E-state index contributed by atoms with van der Waals surface area (Å²) in [6.45, 7) is 0.554. The van der Waals surface area contributed by atoms with Crippen molar-refractivity contribution in [2.45, 2.75) is 32.1 Å². The lowest BCUT2D eigenvalue weighted by Gasteiger charge is -2.10. The van der Waals surface area contributed by atoms with E-state index in [1.165, 1.54) is 25.0 Å². The van der Waals surface area contributed by atoms with Gasteiger partial charge in [0.05, 0.1) is 4.92 Å². The van der Waals surface area contributed by atoms with Gasteiger partial charge in [0, 0.05) is 37.3 Å². The monoisotopic (exact) mass is 349 g/mol. The molecule has 1 fully saturated rings. The molecule has 8 heteroatoms. The quantitative estimate of drug-likeness (QED) is 0.306. The summed E-state index contributed by atoms with van der Waals surface area (Å²) < 4.78 is 4.98. The summed E-state index contributed by atoms with van der Waals surface area (Å²) in [5.74, 6) is -0.252. The minimum Gasteiger partial charge on any atom is -0.456 e. The Morgan fingerprint density at radius 3 is 2.48 bits per heavy atom. The highest BCUT2D eigenvalue weighted by Crippen LogP contribution is 2.27. The van der Waals surface area contributed by atoms with Gasteiger partial charge in [0.2, 0.25) is 0 Å². The zero-order chi connectivity index (χ0) is 18.1. The molecule has 25 heavy (non-hydrogen) atoms. The van der Waals surface area contributed by atoms with Crippen molar-refractivity contribution in [2.75, 3.05) is 25.0 Å². The first-order valence-corrected chi connectivity index (χ1v) is 8.45. The topological polar surface area (TPSA) is 111 Å². The fourth-order valence-corrected chi connectivity index (χ4v) is 2.82. The predicted molar refractivity (Wildman–Crippen MR) is 92.1 cm³/mol. The molecule has 1 aliphatic rings. The number of anilines is 1. The normalized spacial score (nSPS) is 14.1. The molecule has 0 radical (unpaired) electrons. The van der Waals surface area contributed by atoms with Crippen molar-refractivity contribution in [1.29, 1.82) is 0 Å². The summed E-state index contributed by atoms with van der Waals surface area (Å²) >= 11 is 0. The van der Waals surface area contributed by atoms with Crippen LogP contribution in [0.4, 0.5) is 11.4 Å². The Labute approximate surface area is 146 Å². The van der Waals surface area contributed by atoms with E-state index in [0.29, 0.717) is 25.4 Å². The highest BCUT2D eigenvalue weighted by molar-refractivity contribution is 5.80. The molecule has 0 aromatic heterocycles. The standard InChI is InChI=1S/C17H23N3O5/c21-16(12-25-17(22)11-13-3-1-2-4-13)19-10-9-18-14-5-7-15(8-6-14)20(23)24/h5-8,13,18H,1-4,9-12H2,(H,19,21). The number of carbonyl (C=O) groups excluding carboxylic acids is 2. The van der Waals surface area contributed by atoms with Crippen LogP contribution in [0.5, 0.6) is 0 Å². The van der Waals surface area contributed by atoms with Crippen molar-refractivity contribution < 1.29 is 19.2 Å². The molecule has 1 aliphatic carbocycles. The lowest BCUT2D eigenvalue weighted by molar-refractivity contribution is -0.384. The molecule has 1 amide bonds. The third-order valence-electron chi connectivity index (χ3n) is 4.15. The minimum atomic E-state index is -0.460. The second-order valence-corrected chi connectivity index (χ2v) is 6.10. The number of hydrogen-bond donors (Lipinski definition) is 2. The van der Waals surface area contributed by atoms with Crippen LogP contribution in [0.25, 0.3) is 0 Å². The van der Waals surface area contributed by atoms with Gasteiger partial charge in [-0.25, -0.2) is 0 Å². The number of rotatable bonds is 9. The molecular weight excluding hydrogens is 326 g/mol. The van der Waals surface area contributed by atoms with E-state index in [1.807, 2.05) is 0 Å². The predicted octanol–water partition coefficient (Wildman–Crippen LogP) is 2.25. The lowest BCUT2D eigenvalue weighted by atomic mass is 10.1. The van der Waals surface area contributed by atoms with Crippen LogP contribution < -0.4 is 10.6 Å². The first-order valence-electron chi connectivity index (χ1n) is 8.45. The maximum atomic E-state index is 11.6. The van der Waals surface area contributed by atoms with E-state index >= 15 is 0 Å². The van der Waals surface area contributed by atoms with Crippen LogP contribution >= 0.6 is 0 Å². The number of esters is 1. The molecule has 0 unspecified atom stereocenters. The highest BCUT2D eigenvalue weighted by atomic mass is 16.6. The van der Waals surface area contributed by atoms with E-state index in [1.54, 1.807) is 12.1 Å². The van der Waals surface area contributed by atoms with Crippen LogP contribution in [-0.4, -0.2) is 36.5 Å². The summed E-state index contributed by atoms with van der Waals surface area (Å²) in [4.78, 5) is 33.4. The van der Waals surface area contributed by atoms with Crippen LogP contribution in [0.2, 0.25) is 0 Å². The smallest absolute Gasteiger partial charge is 0.306 e. The zero-order valence-corrected chi connectivity index (χ0v) is 14.0. The Bertz CT molecular complexity index is 597. The van der Waals surface area contributed by atoms with Crippen molar-refractivity contribution in [3.05, 3.63) is 34.4 Å².